The molecular formula is C33H64N4O4. The first-order valence-corrected chi connectivity index (χ1v) is 16.9. The van der Waals surface area contributed by atoms with Crippen LogP contribution < -0.4 is 10.6 Å². The highest BCUT2D eigenvalue weighted by Crippen LogP contribution is 2.25. The largest absolute Gasteiger partial charge is 0.335 e. The van der Waals surface area contributed by atoms with Crippen molar-refractivity contribution in [3.8, 4) is 0 Å². The highest BCUT2D eigenvalue weighted by Gasteiger charge is 2.43. The molecule has 8 heteroatoms. The van der Waals surface area contributed by atoms with E-state index in [0.29, 0.717) is 12.1 Å². The summed E-state index contributed by atoms with van der Waals surface area (Å²) in [5.41, 5.74) is 0. The van der Waals surface area contributed by atoms with Gasteiger partial charge in [0.1, 0.15) is 6.42 Å². The summed E-state index contributed by atoms with van der Waals surface area (Å²) in [5.74, 6) is -0.648. The summed E-state index contributed by atoms with van der Waals surface area (Å²) in [6, 6.07) is 0.153. The van der Waals surface area contributed by atoms with Crippen molar-refractivity contribution < 1.29 is 19.2 Å². The van der Waals surface area contributed by atoms with Crippen LogP contribution in [0, 0.1) is 0 Å². The Balaban J connectivity index is 0.000000807. The molecule has 1 rings (SSSR count). The van der Waals surface area contributed by atoms with E-state index in [1.807, 2.05) is 0 Å². The Morgan fingerprint density at radius 2 is 0.805 bits per heavy atom. The van der Waals surface area contributed by atoms with E-state index in [9.17, 15) is 19.2 Å². The van der Waals surface area contributed by atoms with Gasteiger partial charge in [-0.25, -0.2) is 9.59 Å². The van der Waals surface area contributed by atoms with Crippen molar-refractivity contribution in [3.63, 3.8) is 0 Å². The van der Waals surface area contributed by atoms with Gasteiger partial charge >= 0.3 is 12.1 Å². The van der Waals surface area contributed by atoms with Crippen LogP contribution in [0.1, 0.15) is 165 Å². The minimum atomic E-state index is -0.384. The molecule has 0 radical (unpaired) electrons. The Labute approximate surface area is 252 Å². The molecule has 1 saturated heterocycles. The normalized spacial score (nSPS) is 13.9. The van der Waals surface area contributed by atoms with Crippen molar-refractivity contribution in [2.75, 3.05) is 0 Å². The number of carbonyl (C=O) groups is 4. The van der Waals surface area contributed by atoms with E-state index in [1.165, 1.54) is 9.80 Å². The predicted octanol–water partition coefficient (Wildman–Crippen LogP) is 8.33. The third-order valence-corrected chi connectivity index (χ3v) is 7.69. The molecule has 1 aliphatic heterocycles. The van der Waals surface area contributed by atoms with Gasteiger partial charge in [0.15, 0.2) is 0 Å². The fraction of sp³-hybridized carbons (Fsp3) is 0.879. The number of hydrogen-bond acceptors (Lipinski definition) is 4. The second-order valence-electron chi connectivity index (χ2n) is 11.6. The van der Waals surface area contributed by atoms with E-state index in [1.54, 1.807) is 0 Å². The third kappa shape index (κ3) is 14.6. The second-order valence-corrected chi connectivity index (χ2v) is 11.6. The Kier molecular flexibility index (Phi) is 22.2. The van der Waals surface area contributed by atoms with Gasteiger partial charge in [0.05, 0.1) is 0 Å². The quantitative estimate of drug-likeness (QED) is 0.141. The lowest BCUT2D eigenvalue weighted by Crippen LogP contribution is -2.60. The van der Waals surface area contributed by atoms with E-state index < -0.39 is 0 Å². The third-order valence-electron chi connectivity index (χ3n) is 7.69. The predicted molar refractivity (Wildman–Crippen MR) is 170 cm³/mol. The van der Waals surface area contributed by atoms with Crippen LogP contribution in [-0.4, -0.2) is 57.8 Å². The lowest BCUT2D eigenvalue weighted by molar-refractivity contribution is -0.145. The average molecular weight is 581 g/mol. The van der Waals surface area contributed by atoms with E-state index >= 15 is 0 Å². The van der Waals surface area contributed by atoms with Crippen LogP contribution in [-0.2, 0) is 9.59 Å². The van der Waals surface area contributed by atoms with Gasteiger partial charge in [-0.2, -0.15) is 0 Å². The maximum Gasteiger partial charge on any atom is 0.333 e. The molecule has 0 spiro atoms. The van der Waals surface area contributed by atoms with Crippen molar-refractivity contribution >= 4 is 23.9 Å². The number of nitrogens with zero attached hydrogens (tertiary/aromatic N) is 2. The number of amides is 6. The summed E-state index contributed by atoms with van der Waals surface area (Å²) >= 11 is 0. The minimum absolute atomic E-state index is 0.0220. The topological polar surface area (TPSA) is 98.8 Å². The van der Waals surface area contributed by atoms with E-state index in [0.717, 1.165) is 103 Å². The number of rotatable bonds is 20. The first-order chi connectivity index (χ1) is 19.7. The molecule has 0 bridgehead atoms. The highest BCUT2D eigenvalue weighted by molar-refractivity contribution is 6.14. The van der Waals surface area contributed by atoms with E-state index in [-0.39, 0.29) is 42.4 Å². The maximum atomic E-state index is 12.9. The van der Waals surface area contributed by atoms with Crippen LogP contribution >= 0.6 is 0 Å². The fourth-order valence-electron chi connectivity index (χ4n) is 5.87. The molecule has 0 aromatic heterocycles. The number of imide groups is 2. The van der Waals surface area contributed by atoms with Crippen LogP contribution in [0.5, 0.6) is 0 Å². The Morgan fingerprint density at radius 1 is 0.537 bits per heavy atom. The zero-order valence-electron chi connectivity index (χ0n) is 27.9. The fourth-order valence-corrected chi connectivity index (χ4v) is 5.87. The van der Waals surface area contributed by atoms with Crippen molar-refractivity contribution in [2.24, 2.45) is 0 Å². The molecule has 0 atom stereocenters. The van der Waals surface area contributed by atoms with Gasteiger partial charge in [-0.1, -0.05) is 107 Å². The van der Waals surface area contributed by atoms with Gasteiger partial charge in [-0.05, 0) is 51.4 Å². The number of carbonyl (C=O) groups excluding carboxylic acids is 4. The molecule has 0 saturated carbocycles. The van der Waals surface area contributed by atoms with E-state index in [2.05, 4.69) is 66.0 Å². The highest BCUT2D eigenvalue weighted by atomic mass is 16.2. The molecule has 0 aromatic carbocycles. The molecule has 8 nitrogen and oxygen atoms in total. The molecule has 41 heavy (non-hydrogen) atoms. The minimum Gasteiger partial charge on any atom is -0.335 e. The van der Waals surface area contributed by atoms with Gasteiger partial charge in [-0.15, -0.1) is 0 Å². The summed E-state index contributed by atoms with van der Waals surface area (Å²) in [6.07, 6.45) is 15.5. The summed E-state index contributed by atoms with van der Waals surface area (Å²) in [7, 11) is 0. The number of nitrogens with one attached hydrogen (secondary N) is 2. The van der Waals surface area contributed by atoms with Gasteiger partial charge in [0.2, 0.25) is 11.8 Å². The molecule has 0 unspecified atom stereocenters. The number of urea groups is 2. The summed E-state index contributed by atoms with van der Waals surface area (Å²) in [6.45, 7) is 16.9. The van der Waals surface area contributed by atoms with Crippen molar-refractivity contribution in [1.82, 2.24) is 20.4 Å². The molecular weight excluding hydrogens is 516 g/mol. The van der Waals surface area contributed by atoms with Crippen LogP contribution in [0.15, 0.2) is 0 Å². The molecule has 0 aromatic rings. The molecule has 1 heterocycles. The number of hydrogen-bond donors (Lipinski definition) is 2. The van der Waals surface area contributed by atoms with Crippen molar-refractivity contribution in [1.29, 1.82) is 0 Å². The van der Waals surface area contributed by atoms with Crippen molar-refractivity contribution in [2.45, 2.75) is 189 Å². The van der Waals surface area contributed by atoms with Gasteiger partial charge < -0.3 is 10.6 Å². The summed E-state index contributed by atoms with van der Waals surface area (Å²) in [5, 5.41) is 6.23. The van der Waals surface area contributed by atoms with Crippen LogP contribution in [0.25, 0.3) is 0 Å². The lowest BCUT2D eigenvalue weighted by Gasteiger charge is -2.40. The standard InChI is InChI=1S/C18H32N2O3.C15H32N2O/c1-5-9-14(10-6-2)19-16(21)13-17(22)20(18(19)23)15(11-7-3)12-8-4;1-5-9-13(10-6-2)16-15(18)17-14(11-7-3)12-8-4/h14-15H,5-13H2,1-4H3;13-14H,5-12H2,1-4H3,(H2,16,17,18). The maximum absolute atomic E-state index is 12.9. The van der Waals surface area contributed by atoms with E-state index in [4.69, 9.17) is 0 Å². The lowest BCUT2D eigenvalue weighted by atomic mass is 10.0. The molecule has 0 aliphatic carbocycles. The Morgan fingerprint density at radius 3 is 1.05 bits per heavy atom. The monoisotopic (exact) mass is 580 g/mol. The van der Waals surface area contributed by atoms with Crippen LogP contribution in [0.3, 0.4) is 0 Å². The van der Waals surface area contributed by atoms with Gasteiger partial charge in [-0.3, -0.25) is 19.4 Å². The number of barbiturate groups is 1. The zero-order chi connectivity index (χ0) is 31.2. The first kappa shape index (κ1) is 38.9. The Bertz CT molecular complexity index is 665. The van der Waals surface area contributed by atoms with Crippen molar-refractivity contribution in [3.05, 3.63) is 0 Å². The van der Waals surface area contributed by atoms with Gasteiger partial charge in [0, 0.05) is 24.2 Å². The first-order valence-electron chi connectivity index (χ1n) is 16.9. The molecule has 2 N–H and O–H groups in total. The summed E-state index contributed by atoms with van der Waals surface area (Å²) < 4.78 is 0. The average Bonchev–Trinajstić information content (AvgIpc) is 2.90. The molecule has 1 aliphatic rings. The summed E-state index contributed by atoms with van der Waals surface area (Å²) in [4.78, 5) is 52.3. The Hall–Kier alpha value is -2.12. The second kappa shape index (κ2) is 23.4. The van der Waals surface area contributed by atoms with Crippen LogP contribution in [0.4, 0.5) is 9.59 Å². The molecule has 1 fully saturated rings. The smallest absolute Gasteiger partial charge is 0.333 e. The van der Waals surface area contributed by atoms with Crippen LogP contribution in [0.2, 0.25) is 0 Å². The van der Waals surface area contributed by atoms with Gasteiger partial charge in [0.25, 0.3) is 0 Å². The SMILES string of the molecule is CCCC(CCC)N1C(=O)CC(=O)N(C(CCC)CCC)C1=O.CCCC(CCC)NC(=O)NC(CCC)CCC. The molecule has 240 valence electrons. The zero-order valence-corrected chi connectivity index (χ0v) is 27.9. The molecule has 6 amide bonds.